The molecule has 0 amide bonds. The monoisotopic (exact) mass is 415 g/mol. The molecule has 2 aromatic carbocycles. The molecule has 4 fully saturated rings. The van der Waals surface area contributed by atoms with Crippen LogP contribution in [0, 0.1) is 17.8 Å². The molecule has 0 aromatic heterocycles. The molecule has 0 spiro atoms. The minimum atomic E-state index is 0.379. The highest BCUT2D eigenvalue weighted by Crippen LogP contribution is 2.55. The molecule has 0 radical (unpaired) electrons. The second-order valence-electron chi connectivity index (χ2n) is 9.19. The van der Waals surface area contributed by atoms with Gasteiger partial charge in [0.15, 0.2) is 0 Å². The average molecular weight is 416 g/mol. The van der Waals surface area contributed by atoms with Crippen LogP contribution in [0.4, 0.5) is 0 Å². The molecule has 0 heterocycles. The summed E-state index contributed by atoms with van der Waals surface area (Å²) in [6.45, 7) is 1.29. The molecule has 28 heavy (non-hydrogen) atoms. The topological polar surface area (TPSA) is 21.3 Å². The molecule has 2 nitrogen and oxygen atoms in total. The zero-order valence-electron chi connectivity index (χ0n) is 16.1. The predicted octanol–water partition coefficient (Wildman–Crippen LogP) is 6.63. The Morgan fingerprint density at radius 2 is 1.50 bits per heavy atom. The van der Waals surface area contributed by atoms with Crippen molar-refractivity contribution in [3.63, 3.8) is 0 Å². The van der Waals surface area contributed by atoms with Crippen molar-refractivity contribution < 1.29 is 4.74 Å². The van der Waals surface area contributed by atoms with Gasteiger partial charge in [0.05, 0.1) is 0 Å². The molecule has 0 aliphatic heterocycles. The van der Waals surface area contributed by atoms with Crippen LogP contribution in [0.5, 0.6) is 5.75 Å². The lowest BCUT2D eigenvalue weighted by molar-refractivity contribution is -0.0206. The molecule has 0 atom stereocenters. The summed E-state index contributed by atoms with van der Waals surface area (Å²) in [7, 11) is 0. The van der Waals surface area contributed by atoms with Crippen molar-refractivity contribution in [3.8, 4) is 5.75 Å². The van der Waals surface area contributed by atoms with E-state index in [2.05, 4.69) is 23.5 Å². The number of hydrogen-bond donors (Lipinski definition) is 1. The van der Waals surface area contributed by atoms with Gasteiger partial charge in [-0.1, -0.05) is 41.4 Å². The molecule has 0 saturated heterocycles. The van der Waals surface area contributed by atoms with Crippen molar-refractivity contribution in [1.82, 2.24) is 5.32 Å². The van der Waals surface area contributed by atoms with Crippen LogP contribution >= 0.6 is 23.2 Å². The van der Waals surface area contributed by atoms with Gasteiger partial charge < -0.3 is 10.1 Å². The summed E-state index contributed by atoms with van der Waals surface area (Å²) in [6, 6.07) is 13.9. The highest BCUT2D eigenvalue weighted by atomic mass is 35.5. The second-order valence-corrected chi connectivity index (χ2v) is 10.0. The fourth-order valence-corrected chi connectivity index (χ4v) is 6.69. The Balaban J connectivity index is 1.23. The maximum absolute atomic E-state index is 6.25. The summed E-state index contributed by atoms with van der Waals surface area (Å²) >= 11 is 12.5. The zero-order chi connectivity index (χ0) is 19.1. The molecule has 2 aromatic rings. The van der Waals surface area contributed by atoms with Gasteiger partial charge in [-0.2, -0.15) is 0 Å². The smallest absolute Gasteiger partial charge is 0.120 e. The Bertz CT molecular complexity index is 810. The van der Waals surface area contributed by atoms with Crippen LogP contribution in [0.3, 0.4) is 0 Å². The van der Waals surface area contributed by atoms with Crippen LogP contribution < -0.4 is 10.1 Å². The van der Waals surface area contributed by atoms with Gasteiger partial charge in [-0.05, 0) is 86.1 Å². The van der Waals surface area contributed by atoms with Gasteiger partial charge in [-0.3, -0.25) is 0 Å². The summed E-state index contributed by atoms with van der Waals surface area (Å²) in [6.07, 6.45) is 8.57. The largest absolute Gasteiger partial charge is 0.489 e. The first-order valence-electron chi connectivity index (χ1n) is 10.5. The maximum Gasteiger partial charge on any atom is 0.120 e. The van der Waals surface area contributed by atoms with E-state index in [0.717, 1.165) is 35.6 Å². The Labute approximate surface area is 177 Å². The van der Waals surface area contributed by atoms with E-state index in [9.17, 15) is 0 Å². The van der Waals surface area contributed by atoms with Crippen molar-refractivity contribution in [2.75, 3.05) is 0 Å². The normalized spacial score (nSPS) is 30.6. The van der Waals surface area contributed by atoms with Gasteiger partial charge in [0, 0.05) is 27.7 Å². The molecule has 0 unspecified atom stereocenters. The van der Waals surface area contributed by atoms with Gasteiger partial charge in [0.25, 0.3) is 0 Å². The Kier molecular flexibility index (Phi) is 5.07. The maximum atomic E-state index is 6.25. The molecule has 6 rings (SSSR count). The minimum Gasteiger partial charge on any atom is -0.489 e. The Morgan fingerprint density at radius 3 is 2.14 bits per heavy atom. The van der Waals surface area contributed by atoms with Gasteiger partial charge in [0.2, 0.25) is 0 Å². The van der Waals surface area contributed by atoms with Crippen molar-refractivity contribution in [3.05, 3.63) is 63.6 Å². The molecule has 4 aliphatic rings. The molecule has 4 bridgehead atoms. The third kappa shape index (κ3) is 3.79. The lowest BCUT2D eigenvalue weighted by Gasteiger charge is -2.57. The highest BCUT2D eigenvalue weighted by Gasteiger charge is 2.50. The van der Waals surface area contributed by atoms with Crippen molar-refractivity contribution in [2.45, 2.75) is 57.2 Å². The molecular formula is C24H27Cl2NO. The van der Waals surface area contributed by atoms with Gasteiger partial charge >= 0.3 is 0 Å². The van der Waals surface area contributed by atoms with Crippen LogP contribution in [-0.4, -0.2) is 5.54 Å². The van der Waals surface area contributed by atoms with E-state index in [1.165, 1.54) is 44.1 Å². The lowest BCUT2D eigenvalue weighted by Crippen LogP contribution is -2.58. The van der Waals surface area contributed by atoms with Crippen LogP contribution in [-0.2, 0) is 13.2 Å². The standard InChI is InChI=1S/C24H27Cl2NO/c25-22-5-2-6-23(26)21(22)15-28-20-4-1-3-16(10-20)14-27-24-11-17-7-18(12-24)9-19(8-17)13-24/h1-6,10,17-19,27H,7-9,11-15H2. The first kappa shape index (κ1) is 18.8. The van der Waals surface area contributed by atoms with Gasteiger partial charge in [-0.15, -0.1) is 0 Å². The molecule has 4 heteroatoms. The van der Waals surface area contributed by atoms with Crippen LogP contribution in [0.1, 0.15) is 49.7 Å². The predicted molar refractivity (Wildman–Crippen MR) is 115 cm³/mol. The van der Waals surface area contributed by atoms with Crippen LogP contribution in [0.25, 0.3) is 0 Å². The van der Waals surface area contributed by atoms with Gasteiger partial charge in [0.1, 0.15) is 12.4 Å². The number of nitrogens with one attached hydrogen (secondary N) is 1. The third-order valence-electron chi connectivity index (χ3n) is 7.05. The molecule has 4 aliphatic carbocycles. The van der Waals surface area contributed by atoms with E-state index in [1.54, 1.807) is 0 Å². The van der Waals surface area contributed by atoms with E-state index in [0.29, 0.717) is 22.2 Å². The SMILES string of the molecule is Clc1cccc(Cl)c1COc1cccc(CNC23CC4CC(CC(C4)C2)C3)c1. The van der Waals surface area contributed by atoms with Gasteiger partial charge in [-0.25, -0.2) is 0 Å². The quantitative estimate of drug-likeness (QED) is 0.571. The van der Waals surface area contributed by atoms with E-state index in [4.69, 9.17) is 27.9 Å². The molecular weight excluding hydrogens is 389 g/mol. The number of hydrogen-bond acceptors (Lipinski definition) is 2. The lowest BCUT2D eigenvalue weighted by atomic mass is 9.53. The zero-order valence-corrected chi connectivity index (χ0v) is 17.6. The molecule has 4 saturated carbocycles. The highest BCUT2D eigenvalue weighted by molar-refractivity contribution is 6.35. The molecule has 1 N–H and O–H groups in total. The fraction of sp³-hybridized carbons (Fsp3) is 0.500. The van der Waals surface area contributed by atoms with Crippen molar-refractivity contribution in [2.24, 2.45) is 17.8 Å². The Morgan fingerprint density at radius 1 is 0.893 bits per heavy atom. The molecule has 148 valence electrons. The number of ether oxygens (including phenoxy) is 1. The fourth-order valence-electron chi connectivity index (χ4n) is 6.19. The first-order chi connectivity index (χ1) is 13.6. The summed E-state index contributed by atoms with van der Waals surface area (Å²) in [5.41, 5.74) is 2.50. The number of halogens is 2. The minimum absolute atomic E-state index is 0.379. The third-order valence-corrected chi connectivity index (χ3v) is 7.76. The Hall–Kier alpha value is -1.22. The van der Waals surface area contributed by atoms with E-state index < -0.39 is 0 Å². The van der Waals surface area contributed by atoms with E-state index in [1.807, 2.05) is 24.3 Å². The summed E-state index contributed by atoms with van der Waals surface area (Å²) in [5, 5.41) is 5.26. The van der Waals surface area contributed by atoms with E-state index in [-0.39, 0.29) is 0 Å². The summed E-state index contributed by atoms with van der Waals surface area (Å²) in [4.78, 5) is 0. The number of benzene rings is 2. The van der Waals surface area contributed by atoms with Crippen LogP contribution in [0.2, 0.25) is 10.0 Å². The van der Waals surface area contributed by atoms with Crippen LogP contribution in [0.15, 0.2) is 42.5 Å². The first-order valence-corrected chi connectivity index (χ1v) is 11.2. The number of rotatable bonds is 6. The van der Waals surface area contributed by atoms with Crippen molar-refractivity contribution in [1.29, 1.82) is 0 Å². The second kappa shape index (κ2) is 7.55. The van der Waals surface area contributed by atoms with Crippen molar-refractivity contribution >= 4 is 23.2 Å². The summed E-state index contributed by atoms with van der Waals surface area (Å²) in [5.74, 6) is 3.76. The summed E-state index contributed by atoms with van der Waals surface area (Å²) < 4.78 is 5.99. The van der Waals surface area contributed by atoms with E-state index >= 15 is 0 Å². The average Bonchev–Trinajstić information content (AvgIpc) is 2.65.